The number of aromatic nitrogens is 1. The Balaban J connectivity index is 2.36. The number of carbonyl (C=O) groups is 1. The minimum absolute atomic E-state index is 0.248. The second-order valence-electron chi connectivity index (χ2n) is 7.24. The molecule has 1 unspecified atom stereocenters. The molecule has 28 heavy (non-hydrogen) atoms. The van der Waals surface area contributed by atoms with Gasteiger partial charge in [0.1, 0.15) is 0 Å². The first-order chi connectivity index (χ1) is 13.0. The lowest BCUT2D eigenvalue weighted by Gasteiger charge is -2.28. The summed E-state index contributed by atoms with van der Waals surface area (Å²) in [5.74, 6) is -0.389. The number of amides is 1. The van der Waals surface area contributed by atoms with Gasteiger partial charge >= 0.3 is 0 Å². The van der Waals surface area contributed by atoms with Gasteiger partial charge in [-0.2, -0.15) is 4.31 Å². The number of nitrogens with zero attached hydrogens (tertiary/aromatic N) is 2. The van der Waals surface area contributed by atoms with Crippen LogP contribution in [0, 0.1) is 34.6 Å². The molecule has 8 heteroatoms. The van der Waals surface area contributed by atoms with Gasteiger partial charge in [-0.3, -0.25) is 4.79 Å². The van der Waals surface area contributed by atoms with Crippen LogP contribution in [0.5, 0.6) is 0 Å². The molecule has 0 aliphatic carbocycles. The van der Waals surface area contributed by atoms with Crippen LogP contribution in [0.25, 0.3) is 0 Å². The number of nitrogens with one attached hydrogen (secondary N) is 1. The third-order valence-electron chi connectivity index (χ3n) is 4.83. The highest BCUT2D eigenvalue weighted by molar-refractivity contribution is 7.89. The molecule has 0 saturated carbocycles. The highest BCUT2D eigenvalue weighted by atomic mass is 32.2. The third-order valence-corrected chi connectivity index (χ3v) is 8.08. The standard InChI is InChI=1S/C20H29N3O3S2/c1-8-15(5)23(11-18(24)22-20-21-16(6)17(7)27-20)28(25,26)19-13(3)9-12(2)10-14(19)4/h9-10,15H,8,11H2,1-7H3,(H,21,22,24). The first-order valence-electron chi connectivity index (χ1n) is 9.31. The fraction of sp³-hybridized carbons (Fsp3) is 0.500. The maximum atomic E-state index is 13.5. The zero-order chi connectivity index (χ0) is 21.2. The topological polar surface area (TPSA) is 79.4 Å². The number of rotatable bonds is 7. The number of carbonyl (C=O) groups excluding carboxylic acids is 1. The molecule has 1 atom stereocenters. The summed E-state index contributed by atoms with van der Waals surface area (Å²) in [7, 11) is -3.83. The van der Waals surface area contributed by atoms with Crippen molar-refractivity contribution in [3.05, 3.63) is 39.4 Å². The smallest absolute Gasteiger partial charge is 0.244 e. The van der Waals surface area contributed by atoms with Crippen molar-refractivity contribution in [1.82, 2.24) is 9.29 Å². The third kappa shape index (κ3) is 4.79. The van der Waals surface area contributed by atoms with Crippen molar-refractivity contribution in [2.45, 2.75) is 65.8 Å². The Labute approximate surface area is 172 Å². The van der Waals surface area contributed by atoms with E-state index in [2.05, 4.69) is 10.3 Å². The zero-order valence-electron chi connectivity index (χ0n) is 17.6. The highest BCUT2D eigenvalue weighted by Crippen LogP contribution is 2.27. The van der Waals surface area contributed by atoms with Crippen molar-refractivity contribution in [3.63, 3.8) is 0 Å². The van der Waals surface area contributed by atoms with E-state index >= 15 is 0 Å². The summed E-state index contributed by atoms with van der Waals surface area (Å²) < 4.78 is 28.2. The molecule has 1 amide bonds. The number of thiazole rings is 1. The molecule has 2 aromatic rings. The monoisotopic (exact) mass is 423 g/mol. The Hall–Kier alpha value is -1.77. The number of anilines is 1. The number of aryl methyl sites for hydroxylation is 5. The normalized spacial score (nSPS) is 13.0. The van der Waals surface area contributed by atoms with Crippen molar-refractivity contribution in [3.8, 4) is 0 Å². The average Bonchev–Trinajstić information content (AvgIpc) is 2.88. The van der Waals surface area contributed by atoms with Gasteiger partial charge in [0, 0.05) is 10.9 Å². The van der Waals surface area contributed by atoms with Crippen LogP contribution in [0.1, 0.15) is 47.5 Å². The molecular weight excluding hydrogens is 394 g/mol. The maximum Gasteiger partial charge on any atom is 0.244 e. The lowest BCUT2D eigenvalue weighted by atomic mass is 10.1. The average molecular weight is 424 g/mol. The van der Waals surface area contributed by atoms with E-state index in [4.69, 9.17) is 0 Å². The summed E-state index contributed by atoms with van der Waals surface area (Å²) in [5.41, 5.74) is 3.25. The van der Waals surface area contributed by atoms with E-state index in [1.54, 1.807) is 13.8 Å². The Kier molecular flexibility index (Phi) is 7.01. The van der Waals surface area contributed by atoms with Gasteiger partial charge in [-0.25, -0.2) is 13.4 Å². The molecule has 0 spiro atoms. The van der Waals surface area contributed by atoms with Crippen LogP contribution < -0.4 is 5.32 Å². The molecule has 1 N–H and O–H groups in total. The van der Waals surface area contributed by atoms with Crippen LogP contribution in [0.2, 0.25) is 0 Å². The quantitative estimate of drug-likeness (QED) is 0.727. The van der Waals surface area contributed by atoms with Gasteiger partial charge in [0.05, 0.1) is 17.1 Å². The molecule has 0 aliphatic heterocycles. The number of sulfonamides is 1. The SMILES string of the molecule is CCC(C)N(CC(=O)Nc1nc(C)c(C)s1)S(=O)(=O)c1c(C)cc(C)cc1C. The summed E-state index contributed by atoms with van der Waals surface area (Å²) in [6.07, 6.45) is 0.603. The van der Waals surface area contributed by atoms with E-state index in [0.29, 0.717) is 22.7 Å². The van der Waals surface area contributed by atoms with Crippen LogP contribution in [0.15, 0.2) is 17.0 Å². The minimum atomic E-state index is -3.83. The molecular formula is C20H29N3O3S2. The van der Waals surface area contributed by atoms with Gasteiger partial charge in [0.25, 0.3) is 0 Å². The predicted octanol–water partition coefficient (Wildman–Crippen LogP) is 4.11. The number of hydrogen-bond donors (Lipinski definition) is 1. The summed E-state index contributed by atoms with van der Waals surface area (Å²) in [4.78, 5) is 18.2. The Bertz CT molecular complexity index is 938. The molecule has 0 bridgehead atoms. The van der Waals surface area contributed by atoms with E-state index in [9.17, 15) is 13.2 Å². The maximum absolute atomic E-state index is 13.5. The van der Waals surface area contributed by atoms with Gasteiger partial charge in [0.15, 0.2) is 5.13 Å². The molecule has 2 rings (SSSR count). The van der Waals surface area contributed by atoms with Crippen LogP contribution in [-0.4, -0.2) is 36.2 Å². The highest BCUT2D eigenvalue weighted by Gasteiger charge is 2.32. The summed E-state index contributed by atoms with van der Waals surface area (Å²) in [6.45, 7) is 12.8. The summed E-state index contributed by atoms with van der Waals surface area (Å²) in [6, 6.07) is 3.40. The van der Waals surface area contributed by atoms with Crippen molar-refractivity contribution in [1.29, 1.82) is 0 Å². The first kappa shape index (κ1) is 22.5. The van der Waals surface area contributed by atoms with E-state index in [1.165, 1.54) is 15.6 Å². The Morgan fingerprint density at radius 2 is 1.75 bits per heavy atom. The molecule has 154 valence electrons. The molecule has 0 fully saturated rings. The minimum Gasteiger partial charge on any atom is -0.301 e. The first-order valence-corrected chi connectivity index (χ1v) is 11.6. The Morgan fingerprint density at radius 1 is 1.18 bits per heavy atom. The molecule has 6 nitrogen and oxygen atoms in total. The van der Waals surface area contributed by atoms with Gasteiger partial charge in [-0.15, -0.1) is 11.3 Å². The van der Waals surface area contributed by atoms with Gasteiger partial charge in [-0.1, -0.05) is 24.6 Å². The van der Waals surface area contributed by atoms with E-state index in [-0.39, 0.29) is 23.4 Å². The second kappa shape index (κ2) is 8.71. The number of benzene rings is 1. The molecule has 0 saturated heterocycles. The molecule has 1 heterocycles. The van der Waals surface area contributed by atoms with Gasteiger partial charge in [0.2, 0.25) is 15.9 Å². The van der Waals surface area contributed by atoms with Crippen LogP contribution in [0.4, 0.5) is 5.13 Å². The van der Waals surface area contributed by atoms with E-state index in [0.717, 1.165) is 16.1 Å². The lowest BCUT2D eigenvalue weighted by Crippen LogP contribution is -2.43. The lowest BCUT2D eigenvalue weighted by molar-refractivity contribution is -0.116. The zero-order valence-corrected chi connectivity index (χ0v) is 19.2. The van der Waals surface area contributed by atoms with E-state index in [1.807, 2.05) is 46.8 Å². The molecule has 1 aromatic heterocycles. The van der Waals surface area contributed by atoms with Crippen molar-refractivity contribution in [2.24, 2.45) is 0 Å². The largest absolute Gasteiger partial charge is 0.301 e. The van der Waals surface area contributed by atoms with Crippen LogP contribution >= 0.6 is 11.3 Å². The van der Waals surface area contributed by atoms with Crippen LogP contribution in [0.3, 0.4) is 0 Å². The van der Waals surface area contributed by atoms with Crippen molar-refractivity contribution in [2.75, 3.05) is 11.9 Å². The molecule has 0 radical (unpaired) electrons. The van der Waals surface area contributed by atoms with Gasteiger partial charge in [-0.05, 0) is 59.1 Å². The van der Waals surface area contributed by atoms with Gasteiger partial charge < -0.3 is 5.32 Å². The second-order valence-corrected chi connectivity index (χ2v) is 10.3. The Morgan fingerprint density at radius 3 is 2.21 bits per heavy atom. The van der Waals surface area contributed by atoms with Crippen molar-refractivity contribution >= 4 is 32.4 Å². The van der Waals surface area contributed by atoms with Crippen molar-refractivity contribution < 1.29 is 13.2 Å². The summed E-state index contributed by atoms with van der Waals surface area (Å²) in [5, 5.41) is 3.23. The van der Waals surface area contributed by atoms with Crippen LogP contribution in [-0.2, 0) is 14.8 Å². The fourth-order valence-corrected chi connectivity index (χ4v) is 6.11. The fourth-order valence-electron chi connectivity index (χ4n) is 3.20. The summed E-state index contributed by atoms with van der Waals surface area (Å²) >= 11 is 1.38. The number of hydrogen-bond acceptors (Lipinski definition) is 5. The molecule has 1 aromatic carbocycles. The molecule has 0 aliphatic rings. The predicted molar refractivity (Wildman–Crippen MR) is 115 cm³/mol. The van der Waals surface area contributed by atoms with E-state index < -0.39 is 10.0 Å².